The highest BCUT2D eigenvalue weighted by molar-refractivity contribution is 5.85. The molecule has 0 aromatic rings. The maximum absolute atomic E-state index is 11.8. The van der Waals surface area contributed by atoms with Crippen LogP contribution in [-0.4, -0.2) is 46.5 Å². The standard InChI is InChI=1S/C11H19NO5/c13-5-7(6-14)12-10(15)8-3-1-2-4-9(8)11(16)17/h7-9,13-14H,1-6H2,(H,12,15)(H,16,17)/t8-,9+/m1/s1. The summed E-state index contributed by atoms with van der Waals surface area (Å²) >= 11 is 0. The lowest BCUT2D eigenvalue weighted by molar-refractivity contribution is -0.149. The van der Waals surface area contributed by atoms with Gasteiger partial charge in [0.15, 0.2) is 0 Å². The number of amides is 1. The number of hydrogen-bond acceptors (Lipinski definition) is 4. The average Bonchev–Trinajstić information content (AvgIpc) is 2.35. The van der Waals surface area contributed by atoms with Gasteiger partial charge in [-0.15, -0.1) is 0 Å². The number of aliphatic hydroxyl groups excluding tert-OH is 2. The Kier molecular flexibility index (Phi) is 5.37. The largest absolute Gasteiger partial charge is 0.481 e. The maximum atomic E-state index is 11.8. The molecule has 2 atom stereocenters. The third kappa shape index (κ3) is 3.67. The van der Waals surface area contributed by atoms with Gasteiger partial charge >= 0.3 is 5.97 Å². The predicted octanol–water partition coefficient (Wildman–Crippen LogP) is -0.653. The molecule has 1 amide bonds. The molecule has 0 spiro atoms. The number of aliphatic hydroxyl groups is 2. The molecule has 98 valence electrons. The number of nitrogens with one attached hydrogen (secondary N) is 1. The minimum absolute atomic E-state index is 0.354. The van der Waals surface area contributed by atoms with Gasteiger partial charge in [0.05, 0.1) is 31.1 Å². The van der Waals surface area contributed by atoms with Crippen molar-refractivity contribution in [1.82, 2.24) is 5.32 Å². The fourth-order valence-corrected chi connectivity index (χ4v) is 2.20. The van der Waals surface area contributed by atoms with Crippen molar-refractivity contribution in [2.24, 2.45) is 11.8 Å². The number of carbonyl (C=O) groups is 2. The summed E-state index contributed by atoms with van der Waals surface area (Å²) < 4.78 is 0. The molecule has 1 aliphatic carbocycles. The van der Waals surface area contributed by atoms with Crippen molar-refractivity contribution < 1.29 is 24.9 Å². The molecule has 0 aliphatic heterocycles. The monoisotopic (exact) mass is 245 g/mol. The molecule has 0 aromatic heterocycles. The van der Waals surface area contributed by atoms with E-state index in [0.29, 0.717) is 12.8 Å². The highest BCUT2D eigenvalue weighted by Crippen LogP contribution is 2.30. The Morgan fingerprint density at radius 2 is 1.65 bits per heavy atom. The topological polar surface area (TPSA) is 107 Å². The van der Waals surface area contributed by atoms with Crippen molar-refractivity contribution in [2.75, 3.05) is 13.2 Å². The molecular weight excluding hydrogens is 226 g/mol. The van der Waals surface area contributed by atoms with Crippen LogP contribution in [0.2, 0.25) is 0 Å². The van der Waals surface area contributed by atoms with Gasteiger partial charge in [-0.3, -0.25) is 9.59 Å². The fourth-order valence-electron chi connectivity index (χ4n) is 2.20. The molecule has 1 rings (SSSR count). The molecule has 1 fully saturated rings. The fraction of sp³-hybridized carbons (Fsp3) is 0.818. The Bertz CT molecular complexity index is 277. The number of carboxylic acids is 1. The summed E-state index contributed by atoms with van der Waals surface area (Å²) in [5.41, 5.74) is 0. The summed E-state index contributed by atoms with van der Waals surface area (Å²) in [5.74, 6) is -2.54. The third-order valence-electron chi connectivity index (χ3n) is 3.21. The van der Waals surface area contributed by atoms with Crippen LogP contribution in [0.4, 0.5) is 0 Å². The van der Waals surface area contributed by atoms with Gasteiger partial charge in [-0.25, -0.2) is 0 Å². The van der Waals surface area contributed by atoms with Crippen molar-refractivity contribution in [2.45, 2.75) is 31.7 Å². The van der Waals surface area contributed by atoms with Gasteiger partial charge < -0.3 is 20.6 Å². The Labute approximate surface area is 99.6 Å². The first kappa shape index (κ1) is 13.9. The zero-order chi connectivity index (χ0) is 12.8. The van der Waals surface area contributed by atoms with E-state index in [1.54, 1.807) is 0 Å². The van der Waals surface area contributed by atoms with E-state index in [-0.39, 0.29) is 19.1 Å². The molecule has 0 saturated heterocycles. The first-order valence-electron chi connectivity index (χ1n) is 5.85. The van der Waals surface area contributed by atoms with Crippen molar-refractivity contribution >= 4 is 11.9 Å². The Hall–Kier alpha value is -1.14. The average molecular weight is 245 g/mol. The molecule has 0 unspecified atom stereocenters. The zero-order valence-electron chi connectivity index (χ0n) is 9.63. The van der Waals surface area contributed by atoms with Crippen molar-refractivity contribution in [3.05, 3.63) is 0 Å². The van der Waals surface area contributed by atoms with E-state index in [1.165, 1.54) is 0 Å². The lowest BCUT2D eigenvalue weighted by atomic mass is 9.78. The second kappa shape index (κ2) is 6.56. The van der Waals surface area contributed by atoms with Crippen molar-refractivity contribution in [3.8, 4) is 0 Å². The minimum atomic E-state index is -0.950. The molecule has 6 heteroatoms. The van der Waals surface area contributed by atoms with Crippen LogP contribution in [-0.2, 0) is 9.59 Å². The number of aliphatic carboxylic acids is 1. The predicted molar refractivity (Wildman–Crippen MR) is 59.2 cm³/mol. The lowest BCUT2D eigenvalue weighted by Gasteiger charge is -2.28. The zero-order valence-corrected chi connectivity index (χ0v) is 9.63. The molecule has 0 heterocycles. The van der Waals surface area contributed by atoms with E-state index in [4.69, 9.17) is 15.3 Å². The van der Waals surface area contributed by atoms with Crippen LogP contribution in [0.15, 0.2) is 0 Å². The molecule has 1 saturated carbocycles. The first-order chi connectivity index (χ1) is 8.10. The summed E-state index contributed by atoms with van der Waals surface area (Å²) in [6.45, 7) is -0.709. The van der Waals surface area contributed by atoms with E-state index < -0.39 is 23.8 Å². The van der Waals surface area contributed by atoms with E-state index in [9.17, 15) is 9.59 Å². The van der Waals surface area contributed by atoms with Gasteiger partial charge in [-0.05, 0) is 12.8 Å². The van der Waals surface area contributed by atoms with Gasteiger partial charge in [-0.2, -0.15) is 0 Å². The van der Waals surface area contributed by atoms with Crippen LogP contribution >= 0.6 is 0 Å². The number of carbonyl (C=O) groups excluding carboxylic acids is 1. The summed E-state index contributed by atoms with van der Waals surface area (Å²) in [6, 6.07) is -0.709. The third-order valence-corrected chi connectivity index (χ3v) is 3.21. The van der Waals surface area contributed by atoms with Crippen LogP contribution in [0.5, 0.6) is 0 Å². The molecule has 6 nitrogen and oxygen atoms in total. The van der Waals surface area contributed by atoms with Crippen LogP contribution in [0.3, 0.4) is 0 Å². The Morgan fingerprint density at radius 1 is 1.12 bits per heavy atom. The van der Waals surface area contributed by atoms with E-state index >= 15 is 0 Å². The number of hydrogen-bond donors (Lipinski definition) is 4. The first-order valence-corrected chi connectivity index (χ1v) is 5.85. The van der Waals surface area contributed by atoms with Crippen molar-refractivity contribution in [3.63, 3.8) is 0 Å². The number of carboxylic acid groups (broad SMARTS) is 1. The van der Waals surface area contributed by atoms with Gasteiger partial charge in [0.2, 0.25) is 5.91 Å². The van der Waals surface area contributed by atoms with Crippen LogP contribution < -0.4 is 5.32 Å². The van der Waals surface area contributed by atoms with E-state index in [2.05, 4.69) is 5.32 Å². The van der Waals surface area contributed by atoms with Crippen molar-refractivity contribution in [1.29, 1.82) is 0 Å². The Morgan fingerprint density at radius 3 is 2.12 bits per heavy atom. The molecule has 0 aromatic carbocycles. The Balaban J connectivity index is 2.61. The molecule has 4 N–H and O–H groups in total. The van der Waals surface area contributed by atoms with Gasteiger partial charge in [0.1, 0.15) is 0 Å². The van der Waals surface area contributed by atoms with Crippen LogP contribution in [0.1, 0.15) is 25.7 Å². The normalized spacial score (nSPS) is 24.6. The summed E-state index contributed by atoms with van der Waals surface area (Å²) in [7, 11) is 0. The smallest absolute Gasteiger partial charge is 0.307 e. The van der Waals surface area contributed by atoms with Crippen LogP contribution in [0, 0.1) is 11.8 Å². The van der Waals surface area contributed by atoms with Gasteiger partial charge in [0, 0.05) is 0 Å². The van der Waals surface area contributed by atoms with Crippen LogP contribution in [0.25, 0.3) is 0 Å². The highest BCUT2D eigenvalue weighted by Gasteiger charge is 2.36. The SMILES string of the molecule is O=C(O)[C@H]1CCCC[C@H]1C(=O)NC(CO)CO. The molecular formula is C11H19NO5. The molecule has 17 heavy (non-hydrogen) atoms. The summed E-state index contributed by atoms with van der Waals surface area (Å²) in [5, 5.41) is 29.2. The molecule has 0 radical (unpaired) electrons. The lowest BCUT2D eigenvalue weighted by Crippen LogP contribution is -2.46. The molecule has 0 bridgehead atoms. The van der Waals surface area contributed by atoms with Gasteiger partial charge in [0.25, 0.3) is 0 Å². The number of rotatable bonds is 5. The minimum Gasteiger partial charge on any atom is -0.481 e. The molecule has 1 aliphatic rings. The second-order valence-corrected chi connectivity index (χ2v) is 4.41. The highest BCUT2D eigenvalue weighted by atomic mass is 16.4. The summed E-state index contributed by atoms with van der Waals surface area (Å²) in [4.78, 5) is 22.9. The quantitative estimate of drug-likeness (QED) is 0.515. The van der Waals surface area contributed by atoms with Gasteiger partial charge in [-0.1, -0.05) is 12.8 Å². The second-order valence-electron chi connectivity index (χ2n) is 4.41. The van der Waals surface area contributed by atoms with E-state index in [1.807, 2.05) is 0 Å². The summed E-state index contributed by atoms with van der Waals surface area (Å²) in [6.07, 6.45) is 2.72. The van der Waals surface area contributed by atoms with E-state index in [0.717, 1.165) is 12.8 Å². The maximum Gasteiger partial charge on any atom is 0.307 e.